The van der Waals surface area contributed by atoms with Gasteiger partial charge in [-0.05, 0) is 24.6 Å². The molecule has 8 heteroatoms. The van der Waals surface area contributed by atoms with Gasteiger partial charge in [-0.1, -0.05) is 23.5 Å². The molecular formula is C15H17N5O2S. The molecule has 3 rings (SSSR count). The maximum atomic E-state index is 5.32. The van der Waals surface area contributed by atoms with Gasteiger partial charge in [0.1, 0.15) is 15.7 Å². The minimum absolute atomic E-state index is 0.567. The Bertz CT molecular complexity index is 799. The lowest BCUT2D eigenvalue weighted by Gasteiger charge is -2.07. The first-order chi connectivity index (χ1) is 11.2. The van der Waals surface area contributed by atoms with Crippen molar-refractivity contribution < 1.29 is 9.47 Å². The van der Waals surface area contributed by atoms with Crippen LogP contribution in [0.4, 0.5) is 0 Å². The number of hydrogen-bond acceptors (Lipinski definition) is 7. The van der Waals surface area contributed by atoms with Crippen molar-refractivity contribution in [2.45, 2.75) is 19.9 Å². The molecule has 3 aromatic rings. The Labute approximate surface area is 137 Å². The van der Waals surface area contributed by atoms with Crippen LogP contribution in [0.15, 0.2) is 24.4 Å². The van der Waals surface area contributed by atoms with Crippen molar-refractivity contribution in [3.05, 3.63) is 34.4 Å². The zero-order valence-electron chi connectivity index (χ0n) is 13.2. The number of benzene rings is 1. The SMILES string of the molecule is CCc1nnc(Cn2cc(-c3ccc(OC)c(OC)c3)nn2)s1. The highest BCUT2D eigenvalue weighted by Crippen LogP contribution is 2.31. The lowest BCUT2D eigenvalue weighted by molar-refractivity contribution is 0.355. The summed E-state index contributed by atoms with van der Waals surface area (Å²) in [6.45, 7) is 2.63. The standard InChI is InChI=1S/C15H17N5O2S/c1-4-14-17-18-15(23-14)9-20-8-11(16-19-20)10-5-6-12(21-2)13(7-10)22-3/h5-8H,4,9H2,1-3H3. The van der Waals surface area contributed by atoms with E-state index in [4.69, 9.17) is 9.47 Å². The molecule has 0 atom stereocenters. The van der Waals surface area contributed by atoms with Crippen molar-refractivity contribution in [3.8, 4) is 22.8 Å². The van der Waals surface area contributed by atoms with E-state index in [1.807, 2.05) is 24.4 Å². The molecule has 0 saturated heterocycles. The molecule has 0 N–H and O–H groups in total. The van der Waals surface area contributed by atoms with Gasteiger partial charge in [-0.15, -0.1) is 15.3 Å². The van der Waals surface area contributed by atoms with E-state index in [9.17, 15) is 0 Å². The van der Waals surface area contributed by atoms with Gasteiger partial charge in [-0.25, -0.2) is 4.68 Å². The molecule has 0 aliphatic rings. The number of hydrogen-bond donors (Lipinski definition) is 0. The Kier molecular flexibility index (Phi) is 4.52. The Morgan fingerprint density at radius 2 is 1.83 bits per heavy atom. The maximum absolute atomic E-state index is 5.32. The Morgan fingerprint density at radius 3 is 2.52 bits per heavy atom. The van der Waals surface area contributed by atoms with E-state index in [0.29, 0.717) is 18.0 Å². The fourth-order valence-electron chi connectivity index (χ4n) is 2.14. The number of aryl methyl sites for hydroxylation is 1. The topological polar surface area (TPSA) is 75.0 Å². The summed E-state index contributed by atoms with van der Waals surface area (Å²) in [4.78, 5) is 0. The van der Waals surface area contributed by atoms with E-state index < -0.39 is 0 Å². The summed E-state index contributed by atoms with van der Waals surface area (Å²) in [7, 11) is 3.22. The maximum Gasteiger partial charge on any atom is 0.161 e. The molecule has 0 amide bonds. The number of methoxy groups -OCH3 is 2. The molecule has 0 radical (unpaired) electrons. The summed E-state index contributed by atoms with van der Waals surface area (Å²) < 4.78 is 12.3. The summed E-state index contributed by atoms with van der Waals surface area (Å²) in [5.41, 5.74) is 1.69. The molecule has 0 saturated carbocycles. The second-order valence-corrected chi connectivity index (χ2v) is 5.96. The molecule has 2 aromatic heterocycles. The second kappa shape index (κ2) is 6.74. The van der Waals surface area contributed by atoms with Crippen molar-refractivity contribution in [3.63, 3.8) is 0 Å². The van der Waals surface area contributed by atoms with Crippen LogP contribution in [0.25, 0.3) is 11.3 Å². The lowest BCUT2D eigenvalue weighted by atomic mass is 10.1. The van der Waals surface area contributed by atoms with E-state index in [-0.39, 0.29) is 0 Å². The lowest BCUT2D eigenvalue weighted by Crippen LogP contribution is -1.99. The third-order valence-corrected chi connectivity index (χ3v) is 4.38. The third kappa shape index (κ3) is 3.31. The molecule has 7 nitrogen and oxygen atoms in total. The summed E-state index contributed by atoms with van der Waals surface area (Å²) in [5.74, 6) is 1.35. The van der Waals surface area contributed by atoms with Crippen LogP contribution in [0.3, 0.4) is 0 Å². The number of nitrogens with zero attached hydrogens (tertiary/aromatic N) is 5. The van der Waals surface area contributed by atoms with Crippen molar-refractivity contribution in [1.82, 2.24) is 25.2 Å². The average molecular weight is 331 g/mol. The molecular weight excluding hydrogens is 314 g/mol. The van der Waals surface area contributed by atoms with Crippen molar-refractivity contribution in [2.24, 2.45) is 0 Å². The first-order valence-electron chi connectivity index (χ1n) is 7.17. The number of ether oxygens (including phenoxy) is 2. The normalized spacial score (nSPS) is 10.7. The second-order valence-electron chi connectivity index (χ2n) is 4.81. The first-order valence-corrected chi connectivity index (χ1v) is 7.99. The predicted molar refractivity (Wildman–Crippen MR) is 87.0 cm³/mol. The number of rotatable bonds is 6. The molecule has 0 bridgehead atoms. The highest BCUT2D eigenvalue weighted by Gasteiger charge is 2.10. The molecule has 0 aliphatic carbocycles. The monoisotopic (exact) mass is 331 g/mol. The number of aromatic nitrogens is 5. The highest BCUT2D eigenvalue weighted by atomic mass is 32.1. The van der Waals surface area contributed by atoms with Gasteiger partial charge < -0.3 is 9.47 Å². The van der Waals surface area contributed by atoms with E-state index in [1.54, 1.807) is 30.2 Å². The molecule has 0 aliphatic heterocycles. The zero-order valence-corrected chi connectivity index (χ0v) is 14.0. The van der Waals surface area contributed by atoms with Crippen molar-refractivity contribution in [1.29, 1.82) is 0 Å². The molecule has 23 heavy (non-hydrogen) atoms. The van der Waals surface area contributed by atoms with Gasteiger partial charge in [0.15, 0.2) is 11.5 Å². The average Bonchev–Trinajstić information content (AvgIpc) is 3.24. The first kappa shape index (κ1) is 15.4. The van der Waals surface area contributed by atoms with E-state index in [0.717, 1.165) is 27.7 Å². The fraction of sp³-hybridized carbons (Fsp3) is 0.333. The van der Waals surface area contributed by atoms with E-state index in [2.05, 4.69) is 27.4 Å². The molecule has 0 fully saturated rings. The van der Waals surface area contributed by atoms with Gasteiger partial charge >= 0.3 is 0 Å². The van der Waals surface area contributed by atoms with Crippen molar-refractivity contribution >= 4 is 11.3 Å². The van der Waals surface area contributed by atoms with Crippen LogP contribution in [0.1, 0.15) is 16.9 Å². The molecule has 0 spiro atoms. The minimum Gasteiger partial charge on any atom is -0.493 e. The van der Waals surface area contributed by atoms with Crippen LogP contribution >= 0.6 is 11.3 Å². The van der Waals surface area contributed by atoms with E-state index in [1.165, 1.54) is 0 Å². The van der Waals surface area contributed by atoms with Gasteiger partial charge in [0, 0.05) is 5.56 Å². The summed E-state index contributed by atoms with van der Waals surface area (Å²) in [6, 6.07) is 5.66. The fourth-order valence-corrected chi connectivity index (χ4v) is 2.91. The van der Waals surface area contributed by atoms with Crippen LogP contribution < -0.4 is 9.47 Å². The molecule has 0 unspecified atom stereocenters. The van der Waals surface area contributed by atoms with Gasteiger partial charge in [-0.2, -0.15) is 0 Å². The van der Waals surface area contributed by atoms with Gasteiger partial charge in [-0.3, -0.25) is 0 Å². The van der Waals surface area contributed by atoms with Gasteiger partial charge in [0.25, 0.3) is 0 Å². The van der Waals surface area contributed by atoms with Crippen LogP contribution in [-0.4, -0.2) is 39.4 Å². The highest BCUT2D eigenvalue weighted by molar-refractivity contribution is 7.11. The van der Waals surface area contributed by atoms with Gasteiger partial charge in [0.2, 0.25) is 0 Å². The smallest absolute Gasteiger partial charge is 0.161 e. The molecule has 2 heterocycles. The van der Waals surface area contributed by atoms with Crippen LogP contribution in [0.2, 0.25) is 0 Å². The third-order valence-electron chi connectivity index (χ3n) is 3.33. The Hall–Kier alpha value is -2.48. The predicted octanol–water partition coefficient (Wildman–Crippen LogP) is 2.42. The van der Waals surface area contributed by atoms with E-state index >= 15 is 0 Å². The van der Waals surface area contributed by atoms with Crippen LogP contribution in [0.5, 0.6) is 11.5 Å². The van der Waals surface area contributed by atoms with Crippen LogP contribution in [-0.2, 0) is 13.0 Å². The van der Waals surface area contributed by atoms with Crippen molar-refractivity contribution in [2.75, 3.05) is 14.2 Å². The largest absolute Gasteiger partial charge is 0.493 e. The summed E-state index contributed by atoms with van der Waals surface area (Å²) in [6.07, 6.45) is 2.78. The van der Waals surface area contributed by atoms with Crippen LogP contribution in [0, 0.1) is 0 Å². The quantitative estimate of drug-likeness (QED) is 0.690. The molecule has 1 aromatic carbocycles. The van der Waals surface area contributed by atoms with Gasteiger partial charge in [0.05, 0.1) is 27.0 Å². The Balaban J connectivity index is 1.81. The zero-order chi connectivity index (χ0) is 16.2. The summed E-state index contributed by atoms with van der Waals surface area (Å²) >= 11 is 1.60. The Morgan fingerprint density at radius 1 is 1.04 bits per heavy atom. The molecule has 120 valence electrons. The summed E-state index contributed by atoms with van der Waals surface area (Å²) in [5, 5.41) is 18.6. The minimum atomic E-state index is 0.567.